The number of aromatic nitrogens is 1. The number of rotatable bonds is 4. The molecular formula is C58H36N4S. The van der Waals surface area contributed by atoms with Gasteiger partial charge in [-0.25, -0.2) is 9.98 Å². The fourth-order valence-corrected chi connectivity index (χ4v) is 12.5. The van der Waals surface area contributed by atoms with Crippen LogP contribution in [0.5, 0.6) is 0 Å². The number of nitrogens with one attached hydrogen (secondary N) is 1. The molecule has 14 rings (SSSR count). The Hall–Kier alpha value is -7.86. The number of hydrogen-bond donors (Lipinski definition) is 1. The monoisotopic (exact) mass is 820 g/mol. The number of thiophene rings is 1. The van der Waals surface area contributed by atoms with Gasteiger partial charge in [-0.3, -0.25) is 0 Å². The molecule has 4 nitrogen and oxygen atoms in total. The molecule has 11 aromatic rings. The number of amidine groups is 2. The van der Waals surface area contributed by atoms with Gasteiger partial charge in [0.15, 0.2) is 6.17 Å². The molecule has 5 heteroatoms. The first-order chi connectivity index (χ1) is 31.3. The molecule has 0 bridgehead atoms. The standard InChI is InChI=1S/C58H36N4S/c1-4-16-35(17-5-1)55-59-56(36-18-6-2-7-19-36)61-57(60-55)37-28-31-47-44(34-37)39-22-10-13-25-45(39)58(47)46-26-14-11-23-42(46)51-48(58)32-29-40-41-30-33-50-52(54(41)63-53(40)51)43-24-12-15-27-49(43)62(50)38-20-8-3-9-21-38/h1-34,55H,(H,59,60,61). The number of para-hydroxylation sites is 2. The molecule has 2 unspecified atom stereocenters. The Balaban J connectivity index is 0.990. The van der Waals surface area contributed by atoms with Crippen molar-refractivity contribution in [3.63, 3.8) is 0 Å². The summed E-state index contributed by atoms with van der Waals surface area (Å²) in [6.45, 7) is 0. The molecule has 0 amide bonds. The van der Waals surface area contributed by atoms with Gasteiger partial charge in [0.05, 0.1) is 16.4 Å². The highest BCUT2D eigenvalue weighted by molar-refractivity contribution is 7.27. The zero-order valence-electron chi connectivity index (χ0n) is 34.0. The Morgan fingerprint density at radius 2 is 1.05 bits per heavy atom. The minimum Gasteiger partial charge on any atom is -0.324 e. The van der Waals surface area contributed by atoms with Gasteiger partial charge in [0.2, 0.25) is 0 Å². The van der Waals surface area contributed by atoms with E-state index in [-0.39, 0.29) is 6.17 Å². The molecule has 2 aromatic heterocycles. The van der Waals surface area contributed by atoms with E-state index in [1.54, 1.807) is 0 Å². The van der Waals surface area contributed by atoms with Crippen molar-refractivity contribution in [1.82, 2.24) is 9.88 Å². The zero-order valence-corrected chi connectivity index (χ0v) is 34.8. The van der Waals surface area contributed by atoms with Gasteiger partial charge in [-0.2, -0.15) is 0 Å². The quantitative estimate of drug-likeness (QED) is 0.189. The van der Waals surface area contributed by atoms with Gasteiger partial charge >= 0.3 is 0 Å². The average molecular weight is 821 g/mol. The third kappa shape index (κ3) is 4.74. The predicted molar refractivity (Wildman–Crippen MR) is 262 cm³/mol. The Morgan fingerprint density at radius 3 is 1.86 bits per heavy atom. The van der Waals surface area contributed by atoms with E-state index in [0.717, 1.165) is 28.4 Å². The van der Waals surface area contributed by atoms with Gasteiger partial charge in [0.25, 0.3) is 0 Å². The smallest absolute Gasteiger partial charge is 0.169 e. The first-order valence-electron chi connectivity index (χ1n) is 21.6. The molecule has 0 saturated heterocycles. The molecule has 1 N–H and O–H groups in total. The lowest BCUT2D eigenvalue weighted by molar-refractivity contribution is 0.755. The molecular weight excluding hydrogens is 785 g/mol. The molecule has 2 aliphatic carbocycles. The number of hydrogen-bond acceptors (Lipinski definition) is 4. The lowest BCUT2D eigenvalue weighted by atomic mass is 9.70. The summed E-state index contributed by atoms with van der Waals surface area (Å²) in [5.74, 6) is 1.64. The minimum atomic E-state index is -0.482. The normalized spacial score (nSPS) is 17.1. The van der Waals surface area contributed by atoms with Crippen LogP contribution in [0.3, 0.4) is 0 Å². The number of fused-ring (bicyclic) bond motifs is 18. The van der Waals surface area contributed by atoms with Crippen LogP contribution in [-0.2, 0) is 5.41 Å². The van der Waals surface area contributed by atoms with Crippen molar-refractivity contribution in [2.24, 2.45) is 9.98 Å². The molecule has 0 saturated carbocycles. The SMILES string of the molecule is c1ccc(C2=NC(c3ccccc3)N=C(c3ccc4c(c3)-c3ccccc3C43c4ccccc4-c4c3ccc3c4sc4c3ccc3c4c4ccccc4n3-c3ccccc3)N2)cc1. The number of benzene rings is 9. The maximum Gasteiger partial charge on any atom is 0.169 e. The highest BCUT2D eigenvalue weighted by atomic mass is 32.1. The van der Waals surface area contributed by atoms with Crippen LogP contribution in [0.4, 0.5) is 0 Å². The van der Waals surface area contributed by atoms with Crippen molar-refractivity contribution in [3.8, 4) is 27.9 Å². The molecule has 63 heavy (non-hydrogen) atoms. The second-order valence-corrected chi connectivity index (χ2v) is 17.8. The van der Waals surface area contributed by atoms with Gasteiger partial charge in [-0.15, -0.1) is 11.3 Å². The lowest BCUT2D eigenvalue weighted by Gasteiger charge is -2.30. The van der Waals surface area contributed by atoms with Crippen LogP contribution < -0.4 is 5.32 Å². The molecule has 3 aliphatic rings. The molecule has 3 heterocycles. The molecule has 9 aromatic carbocycles. The summed E-state index contributed by atoms with van der Waals surface area (Å²) >= 11 is 1.96. The highest BCUT2D eigenvalue weighted by Crippen LogP contribution is 2.64. The third-order valence-corrected chi connectivity index (χ3v) is 14.9. The first-order valence-corrected chi connectivity index (χ1v) is 22.4. The zero-order chi connectivity index (χ0) is 41.2. The van der Waals surface area contributed by atoms with Crippen LogP contribution in [-0.4, -0.2) is 16.2 Å². The molecule has 0 fully saturated rings. The van der Waals surface area contributed by atoms with Crippen LogP contribution >= 0.6 is 11.3 Å². The van der Waals surface area contributed by atoms with Crippen LogP contribution in [0.25, 0.3) is 69.9 Å². The van der Waals surface area contributed by atoms with E-state index in [1.165, 1.54) is 92.2 Å². The molecule has 1 aliphatic heterocycles. The van der Waals surface area contributed by atoms with Crippen LogP contribution in [0.15, 0.2) is 216 Å². The largest absolute Gasteiger partial charge is 0.324 e. The summed E-state index contributed by atoms with van der Waals surface area (Å²) in [5.41, 5.74) is 16.8. The number of nitrogens with zero attached hydrogens (tertiary/aromatic N) is 3. The Bertz CT molecular complexity index is 3770. The Kier molecular flexibility index (Phi) is 7.22. The summed E-state index contributed by atoms with van der Waals surface area (Å²) in [6.07, 6.45) is -0.363. The van der Waals surface area contributed by atoms with E-state index in [9.17, 15) is 0 Å². The average Bonchev–Trinajstić information content (AvgIpc) is 4.08. The van der Waals surface area contributed by atoms with E-state index in [4.69, 9.17) is 9.98 Å². The maximum absolute atomic E-state index is 5.27. The van der Waals surface area contributed by atoms with Crippen LogP contribution in [0.1, 0.15) is 45.1 Å². The summed E-state index contributed by atoms with van der Waals surface area (Å²) in [7, 11) is 0. The van der Waals surface area contributed by atoms with Crippen LogP contribution in [0, 0.1) is 0 Å². The molecule has 2 atom stereocenters. The van der Waals surface area contributed by atoms with E-state index >= 15 is 0 Å². The molecule has 294 valence electrons. The van der Waals surface area contributed by atoms with Crippen molar-refractivity contribution < 1.29 is 0 Å². The maximum atomic E-state index is 5.27. The molecule has 1 spiro atoms. The van der Waals surface area contributed by atoms with Crippen molar-refractivity contribution in [2.75, 3.05) is 0 Å². The second-order valence-electron chi connectivity index (χ2n) is 16.8. The van der Waals surface area contributed by atoms with Crippen molar-refractivity contribution in [1.29, 1.82) is 0 Å². The van der Waals surface area contributed by atoms with E-state index in [1.807, 2.05) is 23.5 Å². The highest BCUT2D eigenvalue weighted by Gasteiger charge is 2.52. The fourth-order valence-electron chi connectivity index (χ4n) is 11.1. The summed E-state index contributed by atoms with van der Waals surface area (Å²) < 4.78 is 5.11. The van der Waals surface area contributed by atoms with Crippen molar-refractivity contribution in [2.45, 2.75) is 11.6 Å². The van der Waals surface area contributed by atoms with Crippen molar-refractivity contribution in [3.05, 3.63) is 245 Å². The summed E-state index contributed by atoms with van der Waals surface area (Å²) in [4.78, 5) is 10.4. The second kappa shape index (κ2) is 13.1. The fraction of sp³-hybridized carbons (Fsp3) is 0.0345. The van der Waals surface area contributed by atoms with Gasteiger partial charge in [-0.05, 0) is 74.8 Å². The van der Waals surface area contributed by atoms with Gasteiger partial charge in [-0.1, -0.05) is 176 Å². The topological polar surface area (TPSA) is 41.7 Å². The number of aliphatic imine (C=N–C) groups is 2. The van der Waals surface area contributed by atoms with E-state index < -0.39 is 5.41 Å². The van der Waals surface area contributed by atoms with E-state index in [0.29, 0.717) is 0 Å². The Labute approximate surface area is 367 Å². The third-order valence-electron chi connectivity index (χ3n) is 13.7. The van der Waals surface area contributed by atoms with Crippen molar-refractivity contribution >= 4 is 65.0 Å². The molecule has 0 radical (unpaired) electrons. The van der Waals surface area contributed by atoms with Gasteiger partial charge in [0.1, 0.15) is 11.7 Å². The van der Waals surface area contributed by atoms with Gasteiger partial charge in [0, 0.05) is 53.3 Å². The van der Waals surface area contributed by atoms with E-state index in [2.05, 4.69) is 204 Å². The minimum absolute atomic E-state index is 0.363. The Morgan fingerprint density at radius 1 is 0.444 bits per heavy atom. The lowest BCUT2D eigenvalue weighted by Crippen LogP contribution is -2.36. The van der Waals surface area contributed by atoms with Gasteiger partial charge < -0.3 is 9.88 Å². The summed E-state index contributed by atoms with van der Waals surface area (Å²) in [6, 6.07) is 75.2. The first kappa shape index (κ1) is 34.8. The van der Waals surface area contributed by atoms with Crippen LogP contribution in [0.2, 0.25) is 0 Å². The predicted octanol–water partition coefficient (Wildman–Crippen LogP) is 14.0. The summed E-state index contributed by atoms with van der Waals surface area (Å²) in [5, 5.41) is 8.89.